The van der Waals surface area contributed by atoms with Gasteiger partial charge in [-0.15, -0.1) is 0 Å². The van der Waals surface area contributed by atoms with Crippen LogP contribution in [0.4, 0.5) is 0 Å². The molecule has 0 heterocycles. The first-order valence-electron chi connectivity index (χ1n) is 8.36. The second-order valence-electron chi connectivity index (χ2n) is 7.72. The van der Waals surface area contributed by atoms with Crippen molar-refractivity contribution in [3.8, 4) is 0 Å². The highest BCUT2D eigenvalue weighted by molar-refractivity contribution is 5.91. The minimum Gasteiger partial charge on any atom is -0.299 e. The monoisotopic (exact) mass is 272 g/mol. The highest BCUT2D eigenvalue weighted by atomic mass is 16.1. The van der Waals surface area contributed by atoms with Crippen LogP contribution < -0.4 is 0 Å². The van der Waals surface area contributed by atoms with Gasteiger partial charge in [-0.1, -0.05) is 12.5 Å². The Hall–Kier alpha value is -0.920. The zero-order valence-corrected chi connectivity index (χ0v) is 12.4. The standard InChI is InChI=1S/C18H24O2/c1-18-9-8-12(19)10-11(18)2-3-14-13-5-7-17(20)15(13)4-6-16(14)18/h10,13-16H,2-9H2,1H3/t13-,14-,15-,16-,18?/m0/s1. The van der Waals surface area contributed by atoms with Gasteiger partial charge in [0.25, 0.3) is 0 Å². The Morgan fingerprint density at radius 1 is 1.00 bits per heavy atom. The topological polar surface area (TPSA) is 34.1 Å². The first-order chi connectivity index (χ1) is 9.59. The fourth-order valence-corrected chi connectivity index (χ4v) is 5.98. The molecule has 3 saturated carbocycles. The molecule has 2 nitrogen and oxygen atoms in total. The lowest BCUT2D eigenvalue weighted by atomic mass is 9.50. The average Bonchev–Trinajstić information content (AvgIpc) is 2.82. The summed E-state index contributed by atoms with van der Waals surface area (Å²) >= 11 is 0. The Labute approximate surface area is 121 Å². The zero-order valence-electron chi connectivity index (χ0n) is 12.4. The Kier molecular flexibility index (Phi) is 2.74. The molecule has 108 valence electrons. The van der Waals surface area contributed by atoms with E-state index in [-0.39, 0.29) is 5.41 Å². The van der Waals surface area contributed by atoms with Crippen LogP contribution in [0.15, 0.2) is 11.6 Å². The van der Waals surface area contributed by atoms with Gasteiger partial charge in [0.05, 0.1) is 0 Å². The molecule has 0 aliphatic heterocycles. The summed E-state index contributed by atoms with van der Waals surface area (Å²) < 4.78 is 0. The number of fused-ring (bicyclic) bond motifs is 5. The van der Waals surface area contributed by atoms with Gasteiger partial charge < -0.3 is 0 Å². The van der Waals surface area contributed by atoms with E-state index in [1.165, 1.54) is 18.4 Å². The third-order valence-corrected chi connectivity index (χ3v) is 7.03. The lowest BCUT2D eigenvalue weighted by Crippen LogP contribution is -2.47. The van der Waals surface area contributed by atoms with E-state index in [1.54, 1.807) is 0 Å². The van der Waals surface area contributed by atoms with Crippen LogP contribution in [0.3, 0.4) is 0 Å². The molecule has 3 fully saturated rings. The second kappa shape index (κ2) is 4.29. The summed E-state index contributed by atoms with van der Waals surface area (Å²) in [5.74, 6) is 3.39. The van der Waals surface area contributed by atoms with Crippen molar-refractivity contribution >= 4 is 11.6 Å². The maximum atomic E-state index is 12.0. The molecule has 0 spiro atoms. The molecule has 4 rings (SSSR count). The van der Waals surface area contributed by atoms with Crippen molar-refractivity contribution < 1.29 is 9.59 Å². The molecule has 0 aromatic rings. The van der Waals surface area contributed by atoms with Crippen LogP contribution in [0, 0.1) is 29.1 Å². The van der Waals surface area contributed by atoms with Gasteiger partial charge in [-0.25, -0.2) is 0 Å². The summed E-state index contributed by atoms with van der Waals surface area (Å²) in [6.45, 7) is 2.40. The van der Waals surface area contributed by atoms with E-state index < -0.39 is 0 Å². The summed E-state index contributed by atoms with van der Waals surface area (Å²) in [5.41, 5.74) is 1.69. The van der Waals surface area contributed by atoms with Gasteiger partial charge in [0.2, 0.25) is 0 Å². The molecule has 0 bridgehead atoms. The summed E-state index contributed by atoms with van der Waals surface area (Å²) in [7, 11) is 0. The molecular formula is C18H24O2. The van der Waals surface area contributed by atoms with Crippen LogP contribution in [0.25, 0.3) is 0 Å². The van der Waals surface area contributed by atoms with Gasteiger partial charge >= 0.3 is 0 Å². The minimum atomic E-state index is 0.257. The highest BCUT2D eigenvalue weighted by Crippen LogP contribution is 2.61. The normalized spacial score (nSPS) is 47.4. The van der Waals surface area contributed by atoms with E-state index in [1.807, 2.05) is 6.08 Å². The van der Waals surface area contributed by atoms with Crippen molar-refractivity contribution in [3.05, 3.63) is 11.6 Å². The summed E-state index contributed by atoms with van der Waals surface area (Å²) in [6.07, 6.45) is 10.3. The maximum absolute atomic E-state index is 12.0. The Bertz CT molecular complexity index is 504. The second-order valence-corrected chi connectivity index (χ2v) is 7.72. The van der Waals surface area contributed by atoms with Crippen LogP contribution in [0.2, 0.25) is 0 Å². The molecule has 0 aromatic heterocycles. The van der Waals surface area contributed by atoms with Gasteiger partial charge in [0, 0.05) is 18.8 Å². The van der Waals surface area contributed by atoms with Gasteiger partial charge in [0.15, 0.2) is 5.78 Å². The molecule has 0 radical (unpaired) electrons. The quantitative estimate of drug-likeness (QED) is 0.674. The SMILES string of the molecule is CC12CCC(=O)C=C1CC[C@H]1[C@@H]3CCC(=O)[C@H]3CC[C@@H]12. The zero-order chi connectivity index (χ0) is 13.9. The van der Waals surface area contributed by atoms with Crippen LogP contribution in [0.5, 0.6) is 0 Å². The smallest absolute Gasteiger partial charge is 0.155 e. The largest absolute Gasteiger partial charge is 0.299 e. The van der Waals surface area contributed by atoms with Crippen molar-refractivity contribution in [3.63, 3.8) is 0 Å². The Morgan fingerprint density at radius 3 is 2.65 bits per heavy atom. The summed E-state index contributed by atoms with van der Waals surface area (Å²) in [6, 6.07) is 0. The molecule has 4 aliphatic rings. The maximum Gasteiger partial charge on any atom is 0.155 e. The van der Waals surface area contributed by atoms with Crippen molar-refractivity contribution in [2.75, 3.05) is 0 Å². The number of rotatable bonds is 0. The molecule has 0 saturated heterocycles. The lowest BCUT2D eigenvalue weighted by Gasteiger charge is -2.54. The fraction of sp³-hybridized carbons (Fsp3) is 0.778. The van der Waals surface area contributed by atoms with Crippen LogP contribution in [-0.2, 0) is 9.59 Å². The van der Waals surface area contributed by atoms with E-state index in [0.717, 1.165) is 50.4 Å². The first kappa shape index (κ1) is 12.8. The van der Waals surface area contributed by atoms with Crippen molar-refractivity contribution in [1.82, 2.24) is 0 Å². The van der Waals surface area contributed by atoms with Crippen molar-refractivity contribution in [1.29, 1.82) is 0 Å². The van der Waals surface area contributed by atoms with Gasteiger partial charge in [-0.05, 0) is 67.8 Å². The summed E-state index contributed by atoms with van der Waals surface area (Å²) in [4.78, 5) is 23.8. The molecule has 0 amide bonds. The molecule has 0 aromatic carbocycles. The van der Waals surface area contributed by atoms with E-state index >= 15 is 0 Å². The van der Waals surface area contributed by atoms with Gasteiger partial charge in [0.1, 0.15) is 5.78 Å². The van der Waals surface area contributed by atoms with Crippen LogP contribution in [0.1, 0.15) is 58.3 Å². The molecular weight excluding hydrogens is 248 g/mol. The van der Waals surface area contributed by atoms with Crippen molar-refractivity contribution in [2.45, 2.75) is 58.3 Å². The predicted octanol–water partition coefficient (Wildman–Crippen LogP) is 3.70. The number of carbonyl (C=O) groups is 2. The van der Waals surface area contributed by atoms with Crippen LogP contribution in [-0.4, -0.2) is 11.6 Å². The van der Waals surface area contributed by atoms with Gasteiger partial charge in [-0.2, -0.15) is 0 Å². The molecule has 4 aliphatic carbocycles. The third-order valence-electron chi connectivity index (χ3n) is 7.03. The average molecular weight is 272 g/mol. The molecule has 1 unspecified atom stereocenters. The van der Waals surface area contributed by atoms with E-state index in [9.17, 15) is 9.59 Å². The molecule has 5 atom stereocenters. The number of hydrogen-bond acceptors (Lipinski definition) is 2. The number of allylic oxidation sites excluding steroid dienone is 1. The number of ketones is 2. The fourth-order valence-electron chi connectivity index (χ4n) is 5.98. The first-order valence-corrected chi connectivity index (χ1v) is 8.36. The molecule has 20 heavy (non-hydrogen) atoms. The molecule has 2 heteroatoms. The van der Waals surface area contributed by atoms with Gasteiger partial charge in [-0.3, -0.25) is 9.59 Å². The number of Topliss-reactive ketones (excluding diaryl/α,β-unsaturated/α-hetero) is 1. The minimum absolute atomic E-state index is 0.257. The number of carbonyl (C=O) groups excluding carboxylic acids is 2. The third kappa shape index (κ3) is 1.63. The highest BCUT2D eigenvalue weighted by Gasteiger charge is 2.54. The summed E-state index contributed by atoms with van der Waals surface area (Å²) in [5, 5.41) is 0. The van der Waals surface area contributed by atoms with Crippen molar-refractivity contribution in [2.24, 2.45) is 29.1 Å². The molecule has 0 N–H and O–H groups in total. The van der Waals surface area contributed by atoms with E-state index in [2.05, 4.69) is 6.92 Å². The Morgan fingerprint density at radius 2 is 1.80 bits per heavy atom. The lowest BCUT2D eigenvalue weighted by molar-refractivity contribution is -0.124. The van der Waals surface area contributed by atoms with Crippen LogP contribution >= 0.6 is 0 Å². The Balaban J connectivity index is 1.68. The number of hydrogen-bond donors (Lipinski definition) is 0. The van der Waals surface area contributed by atoms with E-state index in [4.69, 9.17) is 0 Å². The van der Waals surface area contributed by atoms with E-state index in [0.29, 0.717) is 23.4 Å². The predicted molar refractivity (Wildman–Crippen MR) is 77.1 cm³/mol.